The van der Waals surface area contributed by atoms with Gasteiger partial charge in [-0.2, -0.15) is 0 Å². The fourth-order valence-electron chi connectivity index (χ4n) is 4.94. The van der Waals surface area contributed by atoms with E-state index in [2.05, 4.69) is 0 Å². The molecule has 1 aliphatic carbocycles. The largest absolute Gasteiger partial charge is 0.456 e. The van der Waals surface area contributed by atoms with Crippen LogP contribution in [0.15, 0.2) is 48.5 Å². The van der Waals surface area contributed by atoms with Crippen LogP contribution in [0, 0.1) is 0 Å². The molecule has 10 heteroatoms. The average Bonchev–Trinajstić information content (AvgIpc) is 2.88. The molecule has 1 aliphatic heterocycles. The topological polar surface area (TPSA) is 82.1 Å². The fourth-order valence-corrected chi connectivity index (χ4v) is 5.84. The smallest absolute Gasteiger partial charge is 0.303 e. The van der Waals surface area contributed by atoms with E-state index in [9.17, 15) is 23.5 Å². The van der Waals surface area contributed by atoms with Crippen molar-refractivity contribution < 1.29 is 37.7 Å². The summed E-state index contributed by atoms with van der Waals surface area (Å²) in [4.78, 5) is 23.5. The zero-order chi connectivity index (χ0) is 28.3. The van der Waals surface area contributed by atoms with Crippen molar-refractivity contribution in [1.82, 2.24) is 0 Å². The number of allylic oxidation sites excluding steroid dienone is 2. The van der Waals surface area contributed by atoms with Crippen molar-refractivity contribution >= 4 is 40.9 Å². The summed E-state index contributed by atoms with van der Waals surface area (Å²) in [6, 6.07) is 13.1. The summed E-state index contributed by atoms with van der Waals surface area (Å²) >= 11 is 7.80. The summed E-state index contributed by atoms with van der Waals surface area (Å²) in [5.41, 5.74) is 3.56. The van der Waals surface area contributed by atoms with E-state index in [1.165, 1.54) is 25.6 Å². The molecule has 2 aromatic carbocycles. The van der Waals surface area contributed by atoms with Gasteiger partial charge in [-0.15, -0.1) is 11.8 Å². The number of hydrogen-bond acceptors (Lipinski definition) is 7. The molecule has 0 bridgehead atoms. The molecule has 1 N–H and O–H groups in total. The highest BCUT2D eigenvalue weighted by Gasteiger charge is 2.49. The normalized spacial score (nSPS) is 26.4. The quantitative estimate of drug-likeness (QED) is 0.395. The number of ether oxygens (including phenoxy) is 3. The highest BCUT2D eigenvalue weighted by atomic mass is 35.5. The number of halogens is 3. The molecule has 1 heterocycles. The third kappa shape index (κ3) is 7.20. The molecule has 0 amide bonds. The Hall–Kier alpha value is -2.46. The number of rotatable bonds is 7. The van der Waals surface area contributed by atoms with E-state index in [0.29, 0.717) is 23.4 Å². The molecule has 0 aromatic heterocycles. The standard InChI is InChI=1S/C29H31ClF2O6S/c1-16(33)36-26-24(35)27(37-17(2)34)28(39-3)38-25(26)21-8-9-23(30)22(15-21)14-18-4-6-19(7-5-18)20-10-12-29(31,32)13-11-20/h4-10,15,24-28,35H,11-14H2,1-3H3/t24-,25+,26-,27+,28-/m1/s1. The zero-order valence-electron chi connectivity index (χ0n) is 21.9. The maximum absolute atomic E-state index is 13.5. The Bertz CT molecular complexity index is 1230. The van der Waals surface area contributed by atoms with Crippen molar-refractivity contribution in [3.63, 3.8) is 0 Å². The maximum atomic E-state index is 13.5. The van der Waals surface area contributed by atoms with Gasteiger partial charge in [0, 0.05) is 31.7 Å². The fraction of sp³-hybridized carbons (Fsp3) is 0.448. The molecule has 0 saturated carbocycles. The van der Waals surface area contributed by atoms with Crippen molar-refractivity contribution in [3.8, 4) is 0 Å². The molecule has 6 nitrogen and oxygen atoms in total. The van der Waals surface area contributed by atoms with Crippen LogP contribution in [0.3, 0.4) is 0 Å². The zero-order valence-corrected chi connectivity index (χ0v) is 23.4. The van der Waals surface area contributed by atoms with Crippen molar-refractivity contribution in [2.45, 2.75) is 75.3 Å². The number of aliphatic hydroxyl groups is 1. The van der Waals surface area contributed by atoms with Gasteiger partial charge in [0.05, 0.1) is 0 Å². The minimum atomic E-state index is -2.63. The van der Waals surface area contributed by atoms with Crippen molar-refractivity contribution in [3.05, 3.63) is 75.8 Å². The van der Waals surface area contributed by atoms with Crippen LogP contribution in [0.25, 0.3) is 5.57 Å². The number of carbonyl (C=O) groups is 2. The molecule has 39 heavy (non-hydrogen) atoms. The van der Waals surface area contributed by atoms with Crippen LogP contribution in [-0.2, 0) is 30.2 Å². The van der Waals surface area contributed by atoms with Crippen molar-refractivity contribution in [2.75, 3.05) is 6.26 Å². The van der Waals surface area contributed by atoms with E-state index in [-0.39, 0.29) is 12.8 Å². The average molecular weight is 581 g/mol. The predicted molar refractivity (Wildman–Crippen MR) is 146 cm³/mol. The van der Waals surface area contributed by atoms with Gasteiger partial charge in [0.2, 0.25) is 0 Å². The lowest BCUT2D eigenvalue weighted by Gasteiger charge is -2.43. The molecular weight excluding hydrogens is 550 g/mol. The van der Waals surface area contributed by atoms with Gasteiger partial charge in [0.1, 0.15) is 17.6 Å². The number of benzene rings is 2. The molecule has 1 saturated heterocycles. The Morgan fingerprint density at radius 3 is 2.36 bits per heavy atom. The van der Waals surface area contributed by atoms with E-state index >= 15 is 0 Å². The lowest BCUT2D eigenvalue weighted by molar-refractivity contribution is -0.224. The first-order chi connectivity index (χ1) is 18.5. The number of carbonyl (C=O) groups excluding carboxylic acids is 2. The van der Waals surface area contributed by atoms with Gasteiger partial charge in [-0.3, -0.25) is 9.59 Å². The van der Waals surface area contributed by atoms with E-state index < -0.39 is 47.7 Å². The molecule has 2 aromatic rings. The Balaban J connectivity index is 1.57. The number of hydrogen-bond donors (Lipinski definition) is 1. The van der Waals surface area contributed by atoms with Crippen LogP contribution in [-0.4, -0.2) is 53.0 Å². The van der Waals surface area contributed by atoms with E-state index in [4.69, 9.17) is 25.8 Å². The number of alkyl halides is 2. The lowest BCUT2D eigenvalue weighted by atomic mass is 9.90. The third-order valence-corrected chi connectivity index (χ3v) is 8.09. The first-order valence-electron chi connectivity index (χ1n) is 12.6. The van der Waals surface area contributed by atoms with Gasteiger partial charge in [0.15, 0.2) is 12.2 Å². The van der Waals surface area contributed by atoms with Gasteiger partial charge in [-0.1, -0.05) is 54.1 Å². The molecule has 4 rings (SSSR count). The number of aliphatic hydroxyl groups excluding tert-OH is 1. The molecule has 210 valence electrons. The first kappa shape index (κ1) is 29.5. The van der Waals surface area contributed by atoms with Crippen LogP contribution in [0.1, 0.15) is 61.5 Å². The van der Waals surface area contributed by atoms with Crippen LogP contribution in [0.5, 0.6) is 0 Å². The van der Waals surface area contributed by atoms with Crippen LogP contribution >= 0.6 is 23.4 Å². The van der Waals surface area contributed by atoms with Gasteiger partial charge in [-0.25, -0.2) is 8.78 Å². The van der Waals surface area contributed by atoms with Gasteiger partial charge in [-0.05, 0) is 53.0 Å². The minimum absolute atomic E-state index is 0.145. The van der Waals surface area contributed by atoms with Gasteiger partial charge >= 0.3 is 11.9 Å². The summed E-state index contributed by atoms with van der Waals surface area (Å²) < 4.78 is 44.0. The molecular formula is C29H31ClF2O6S. The summed E-state index contributed by atoms with van der Waals surface area (Å²) in [5.74, 6) is -3.82. The Kier molecular flexibility index (Phi) is 9.37. The Labute approximate surface area is 235 Å². The molecule has 0 spiro atoms. The van der Waals surface area contributed by atoms with E-state index in [0.717, 1.165) is 22.3 Å². The van der Waals surface area contributed by atoms with Crippen molar-refractivity contribution in [2.24, 2.45) is 0 Å². The van der Waals surface area contributed by atoms with Crippen LogP contribution < -0.4 is 0 Å². The van der Waals surface area contributed by atoms with E-state index in [1.54, 1.807) is 24.5 Å². The molecule has 0 radical (unpaired) electrons. The lowest BCUT2D eigenvalue weighted by Crippen LogP contribution is -2.55. The summed E-state index contributed by atoms with van der Waals surface area (Å²) in [6.45, 7) is 2.47. The van der Waals surface area contributed by atoms with Crippen LogP contribution in [0.4, 0.5) is 8.78 Å². The van der Waals surface area contributed by atoms with Crippen LogP contribution in [0.2, 0.25) is 5.02 Å². The SMILES string of the molecule is CS[C@H]1O[C@@H](c2ccc(Cl)c(Cc3ccc(C4=CCC(F)(F)CC4)cc3)c2)[C@H](OC(C)=O)[C@@H](O)[C@@H]1OC(C)=O. The highest BCUT2D eigenvalue weighted by Crippen LogP contribution is 2.40. The van der Waals surface area contributed by atoms with E-state index in [1.807, 2.05) is 30.3 Å². The highest BCUT2D eigenvalue weighted by molar-refractivity contribution is 7.99. The first-order valence-corrected chi connectivity index (χ1v) is 14.3. The molecule has 0 unspecified atom stereocenters. The predicted octanol–water partition coefficient (Wildman–Crippen LogP) is 6.12. The summed E-state index contributed by atoms with van der Waals surface area (Å²) in [7, 11) is 0. The second-order valence-corrected chi connectivity index (χ2v) is 11.2. The summed E-state index contributed by atoms with van der Waals surface area (Å²) in [6.07, 6.45) is -0.447. The second kappa shape index (κ2) is 12.4. The molecule has 1 fully saturated rings. The number of esters is 2. The third-order valence-electron chi connectivity index (χ3n) is 6.88. The Morgan fingerprint density at radius 2 is 1.77 bits per heavy atom. The van der Waals surface area contributed by atoms with Crippen molar-refractivity contribution in [1.29, 1.82) is 0 Å². The summed E-state index contributed by atoms with van der Waals surface area (Å²) in [5, 5.41) is 11.6. The maximum Gasteiger partial charge on any atom is 0.303 e. The van der Waals surface area contributed by atoms with Gasteiger partial charge in [0.25, 0.3) is 5.92 Å². The molecule has 2 aliphatic rings. The molecule has 5 atom stereocenters. The van der Waals surface area contributed by atoms with Gasteiger partial charge < -0.3 is 19.3 Å². The second-order valence-electron chi connectivity index (χ2n) is 9.81. The monoisotopic (exact) mass is 580 g/mol. The Morgan fingerprint density at radius 1 is 1.10 bits per heavy atom. The minimum Gasteiger partial charge on any atom is -0.456 e. The number of thioether (sulfide) groups is 1.